The first-order valence-electron chi connectivity index (χ1n) is 6.91. The van der Waals surface area contributed by atoms with Crippen molar-refractivity contribution < 1.29 is 9.72 Å². The molecule has 1 unspecified atom stereocenters. The van der Waals surface area contributed by atoms with Gasteiger partial charge in [0.15, 0.2) is 0 Å². The molecule has 1 amide bonds. The van der Waals surface area contributed by atoms with E-state index in [1.54, 1.807) is 11.0 Å². The average molecular weight is 403 g/mol. The fraction of sp³-hybridized carbons (Fsp3) is 0.500. The van der Waals surface area contributed by atoms with Gasteiger partial charge in [-0.15, -0.1) is 0 Å². The Balaban J connectivity index is 2.21. The second-order valence-electron chi connectivity index (χ2n) is 5.15. The highest BCUT2D eigenvalue weighted by Crippen LogP contribution is 2.22. The zero-order valence-corrected chi connectivity index (χ0v) is 14.2. The van der Waals surface area contributed by atoms with Crippen LogP contribution in [0.4, 0.5) is 5.69 Å². The molecule has 0 saturated carbocycles. The number of hydrogen-bond donors (Lipinski definition) is 0. The number of amides is 1. The van der Waals surface area contributed by atoms with E-state index in [4.69, 9.17) is 0 Å². The van der Waals surface area contributed by atoms with Crippen molar-refractivity contribution in [2.24, 2.45) is 0 Å². The molecule has 0 bridgehead atoms. The largest absolute Gasteiger partial charge is 0.336 e. The fourth-order valence-electron chi connectivity index (χ4n) is 2.61. The molecule has 21 heavy (non-hydrogen) atoms. The van der Waals surface area contributed by atoms with Gasteiger partial charge >= 0.3 is 0 Å². The smallest absolute Gasteiger partial charge is 0.270 e. The monoisotopic (exact) mass is 403 g/mol. The van der Waals surface area contributed by atoms with Crippen molar-refractivity contribution in [1.82, 2.24) is 9.80 Å². The van der Waals surface area contributed by atoms with Crippen LogP contribution in [0.15, 0.2) is 18.2 Å². The lowest BCUT2D eigenvalue weighted by Gasteiger charge is -2.39. The van der Waals surface area contributed by atoms with Crippen molar-refractivity contribution in [2.75, 3.05) is 26.2 Å². The van der Waals surface area contributed by atoms with Gasteiger partial charge in [0.05, 0.1) is 10.5 Å². The summed E-state index contributed by atoms with van der Waals surface area (Å²) in [5, 5.41) is 10.9. The Labute approximate surface area is 137 Å². The highest BCUT2D eigenvalue weighted by molar-refractivity contribution is 14.1. The number of carbonyl (C=O) groups excluding carboxylic acids is 1. The van der Waals surface area contributed by atoms with Gasteiger partial charge in [-0.2, -0.15) is 0 Å². The van der Waals surface area contributed by atoms with E-state index in [1.807, 2.05) is 22.6 Å². The number of non-ortho nitro benzene ring substituents is 1. The van der Waals surface area contributed by atoms with Gasteiger partial charge in [0, 0.05) is 41.4 Å². The van der Waals surface area contributed by atoms with Crippen LogP contribution in [-0.4, -0.2) is 52.9 Å². The Morgan fingerprint density at radius 2 is 2.19 bits per heavy atom. The molecule has 0 aromatic heterocycles. The number of likely N-dealkylation sites (N-methyl/N-ethyl adjacent to an activating group) is 1. The maximum Gasteiger partial charge on any atom is 0.270 e. The maximum atomic E-state index is 12.6. The first-order chi connectivity index (χ1) is 9.93. The van der Waals surface area contributed by atoms with Gasteiger partial charge in [0.25, 0.3) is 11.6 Å². The van der Waals surface area contributed by atoms with Gasteiger partial charge in [-0.05, 0) is 42.1 Å². The second-order valence-corrected chi connectivity index (χ2v) is 6.31. The molecule has 1 saturated heterocycles. The van der Waals surface area contributed by atoms with E-state index < -0.39 is 4.92 Å². The van der Waals surface area contributed by atoms with E-state index in [-0.39, 0.29) is 11.6 Å². The highest BCUT2D eigenvalue weighted by atomic mass is 127. The molecule has 0 radical (unpaired) electrons. The molecule has 1 atom stereocenters. The fourth-order valence-corrected chi connectivity index (χ4v) is 3.18. The standard InChI is InChI=1S/C14H18IN3O3/c1-3-16-6-7-17(9-10(16)2)14(19)12-8-11(18(20)21)4-5-13(12)15/h4-5,8,10H,3,6-7,9H2,1-2H3. The molecule has 1 aromatic carbocycles. The lowest BCUT2D eigenvalue weighted by Crippen LogP contribution is -2.53. The third kappa shape index (κ3) is 3.52. The third-order valence-corrected chi connectivity index (χ3v) is 4.79. The Hall–Kier alpha value is -1.22. The SMILES string of the molecule is CCN1CCN(C(=O)c2cc([N+](=O)[O-])ccc2I)CC1C. The number of nitrogens with zero attached hydrogens (tertiary/aromatic N) is 3. The summed E-state index contributed by atoms with van der Waals surface area (Å²) in [5.74, 6) is -0.120. The van der Waals surface area contributed by atoms with Crippen LogP contribution in [0, 0.1) is 13.7 Å². The van der Waals surface area contributed by atoms with Crippen molar-refractivity contribution in [2.45, 2.75) is 19.9 Å². The molecule has 114 valence electrons. The van der Waals surface area contributed by atoms with Crippen LogP contribution >= 0.6 is 22.6 Å². The first kappa shape index (κ1) is 16.2. The number of nitro groups is 1. The molecular weight excluding hydrogens is 385 g/mol. The van der Waals surface area contributed by atoms with E-state index in [0.29, 0.717) is 24.7 Å². The van der Waals surface area contributed by atoms with Crippen molar-refractivity contribution in [3.8, 4) is 0 Å². The van der Waals surface area contributed by atoms with Crippen molar-refractivity contribution >= 4 is 34.2 Å². The summed E-state index contributed by atoms with van der Waals surface area (Å²) in [4.78, 5) is 27.1. The number of halogens is 1. The molecule has 0 aliphatic carbocycles. The first-order valence-corrected chi connectivity index (χ1v) is 7.99. The molecule has 1 aromatic rings. The van der Waals surface area contributed by atoms with E-state index in [0.717, 1.165) is 16.7 Å². The molecule has 1 fully saturated rings. The Kier molecular flexibility index (Phi) is 5.15. The number of hydrogen-bond acceptors (Lipinski definition) is 4. The van der Waals surface area contributed by atoms with Crippen LogP contribution in [0.25, 0.3) is 0 Å². The summed E-state index contributed by atoms with van der Waals surface area (Å²) in [6, 6.07) is 4.73. The third-order valence-electron chi connectivity index (χ3n) is 3.85. The Morgan fingerprint density at radius 3 is 2.76 bits per heavy atom. The molecule has 6 nitrogen and oxygen atoms in total. The van der Waals surface area contributed by atoms with Crippen molar-refractivity contribution in [1.29, 1.82) is 0 Å². The van der Waals surface area contributed by atoms with E-state index in [9.17, 15) is 14.9 Å². The molecule has 0 spiro atoms. The molecule has 2 rings (SSSR count). The van der Waals surface area contributed by atoms with Gasteiger partial charge in [-0.1, -0.05) is 6.92 Å². The van der Waals surface area contributed by atoms with Gasteiger partial charge in [0.2, 0.25) is 0 Å². The summed E-state index contributed by atoms with van der Waals surface area (Å²) in [7, 11) is 0. The Morgan fingerprint density at radius 1 is 1.48 bits per heavy atom. The van der Waals surface area contributed by atoms with Crippen LogP contribution in [0.2, 0.25) is 0 Å². The molecule has 0 N–H and O–H groups in total. The molecular formula is C14H18IN3O3. The number of carbonyl (C=O) groups is 1. The maximum absolute atomic E-state index is 12.6. The number of piperazine rings is 1. The number of rotatable bonds is 3. The van der Waals surface area contributed by atoms with E-state index >= 15 is 0 Å². The predicted octanol–water partition coefficient (Wildman–Crippen LogP) is 2.37. The molecule has 7 heteroatoms. The predicted molar refractivity (Wildman–Crippen MR) is 88.4 cm³/mol. The quantitative estimate of drug-likeness (QED) is 0.442. The summed E-state index contributed by atoms with van der Waals surface area (Å²) < 4.78 is 0.744. The average Bonchev–Trinajstić information content (AvgIpc) is 2.46. The second kappa shape index (κ2) is 6.69. The van der Waals surface area contributed by atoms with E-state index in [1.165, 1.54) is 12.1 Å². The number of benzene rings is 1. The van der Waals surface area contributed by atoms with Crippen molar-refractivity contribution in [3.63, 3.8) is 0 Å². The van der Waals surface area contributed by atoms with Gasteiger partial charge in [0.1, 0.15) is 0 Å². The van der Waals surface area contributed by atoms with Crippen LogP contribution < -0.4 is 0 Å². The van der Waals surface area contributed by atoms with Gasteiger partial charge < -0.3 is 4.90 Å². The molecule has 1 heterocycles. The Bertz CT molecular complexity index is 564. The van der Waals surface area contributed by atoms with E-state index in [2.05, 4.69) is 18.7 Å². The zero-order chi connectivity index (χ0) is 15.6. The minimum absolute atomic E-state index is 0.0426. The summed E-state index contributed by atoms with van der Waals surface area (Å²) in [5.41, 5.74) is 0.376. The topological polar surface area (TPSA) is 66.7 Å². The van der Waals surface area contributed by atoms with Crippen molar-refractivity contribution in [3.05, 3.63) is 37.4 Å². The number of nitro benzene ring substituents is 1. The summed E-state index contributed by atoms with van der Waals surface area (Å²) in [6.45, 7) is 7.34. The van der Waals surface area contributed by atoms with Crippen LogP contribution in [0.5, 0.6) is 0 Å². The minimum atomic E-state index is -0.468. The lowest BCUT2D eigenvalue weighted by molar-refractivity contribution is -0.384. The van der Waals surface area contributed by atoms with Gasteiger partial charge in [-0.3, -0.25) is 19.8 Å². The molecule has 1 aliphatic rings. The summed E-state index contributed by atoms with van der Waals surface area (Å²) in [6.07, 6.45) is 0. The van der Waals surface area contributed by atoms with Crippen LogP contribution in [-0.2, 0) is 0 Å². The van der Waals surface area contributed by atoms with Crippen LogP contribution in [0.1, 0.15) is 24.2 Å². The highest BCUT2D eigenvalue weighted by Gasteiger charge is 2.28. The van der Waals surface area contributed by atoms with Gasteiger partial charge in [-0.25, -0.2) is 0 Å². The van der Waals surface area contributed by atoms with Crippen LogP contribution in [0.3, 0.4) is 0 Å². The zero-order valence-electron chi connectivity index (χ0n) is 12.1. The normalized spacial score (nSPS) is 19.6. The minimum Gasteiger partial charge on any atom is -0.336 e. The molecule has 1 aliphatic heterocycles. The lowest BCUT2D eigenvalue weighted by atomic mass is 10.1. The summed E-state index contributed by atoms with van der Waals surface area (Å²) >= 11 is 2.05.